The molecule has 0 saturated carbocycles. The third-order valence-electron chi connectivity index (χ3n) is 3.45. The first-order valence-electron chi connectivity index (χ1n) is 7.43. The van der Waals surface area contributed by atoms with Gasteiger partial charge in [-0.1, -0.05) is 12.1 Å². The molecule has 0 aliphatic heterocycles. The van der Waals surface area contributed by atoms with E-state index in [4.69, 9.17) is 0 Å². The smallest absolute Gasteiger partial charge is 0.203 e. The maximum Gasteiger partial charge on any atom is 0.203 e. The highest BCUT2D eigenvalue weighted by atomic mass is 79.9. The lowest BCUT2D eigenvalue weighted by Gasteiger charge is -2.11. The molecular weight excluding hydrogens is 400 g/mol. The van der Waals surface area contributed by atoms with Crippen molar-refractivity contribution in [3.8, 4) is 17.0 Å². The van der Waals surface area contributed by atoms with E-state index >= 15 is 0 Å². The van der Waals surface area contributed by atoms with Crippen LogP contribution in [0.25, 0.3) is 11.3 Å². The van der Waals surface area contributed by atoms with E-state index in [-0.39, 0.29) is 22.7 Å². The van der Waals surface area contributed by atoms with Crippen LogP contribution in [0.15, 0.2) is 59.0 Å². The summed E-state index contributed by atoms with van der Waals surface area (Å²) in [5.74, 6) is 0.247. The van der Waals surface area contributed by atoms with E-state index in [0.717, 1.165) is 27.6 Å². The van der Waals surface area contributed by atoms with E-state index in [0.29, 0.717) is 0 Å². The van der Waals surface area contributed by atoms with Gasteiger partial charge in [0, 0.05) is 30.7 Å². The SMILES string of the molecule is Br.CN(C)c1ccc(/C=N/Nc2nc(-c3ccc(O)cc3)cs2)cc1. The lowest BCUT2D eigenvalue weighted by atomic mass is 10.2. The fraction of sp³-hybridized carbons (Fsp3) is 0.111. The topological polar surface area (TPSA) is 60.8 Å². The van der Waals surface area contributed by atoms with E-state index in [1.165, 1.54) is 11.3 Å². The Morgan fingerprint density at radius 3 is 2.40 bits per heavy atom. The number of rotatable bonds is 5. The number of halogens is 1. The zero-order chi connectivity index (χ0) is 16.9. The standard InChI is InChI=1S/C18H18N4OS.BrH/c1-22(2)15-7-3-13(4-8-15)11-19-21-18-20-17(12-24-18)14-5-9-16(23)10-6-14;/h3-12,23H,1-2H3,(H,20,21);1H/b19-11+;. The van der Waals surface area contributed by atoms with E-state index < -0.39 is 0 Å². The van der Waals surface area contributed by atoms with Gasteiger partial charge in [0.2, 0.25) is 5.13 Å². The van der Waals surface area contributed by atoms with Crippen molar-refractivity contribution in [3.63, 3.8) is 0 Å². The Morgan fingerprint density at radius 2 is 1.76 bits per heavy atom. The van der Waals surface area contributed by atoms with Gasteiger partial charge in [0.15, 0.2) is 0 Å². The van der Waals surface area contributed by atoms with Crippen LogP contribution in [-0.4, -0.2) is 30.4 Å². The van der Waals surface area contributed by atoms with Crippen molar-refractivity contribution in [2.45, 2.75) is 0 Å². The van der Waals surface area contributed by atoms with Gasteiger partial charge in [0.1, 0.15) is 5.75 Å². The molecule has 1 heterocycles. The van der Waals surface area contributed by atoms with Gasteiger partial charge >= 0.3 is 0 Å². The first-order valence-corrected chi connectivity index (χ1v) is 8.31. The summed E-state index contributed by atoms with van der Waals surface area (Å²) >= 11 is 1.48. The summed E-state index contributed by atoms with van der Waals surface area (Å²) in [5.41, 5.74) is 6.93. The summed E-state index contributed by atoms with van der Waals surface area (Å²) in [6.45, 7) is 0. The highest BCUT2D eigenvalue weighted by Gasteiger charge is 2.03. The number of nitrogens with one attached hydrogen (secondary N) is 1. The molecule has 0 aliphatic carbocycles. The highest BCUT2D eigenvalue weighted by Crippen LogP contribution is 2.26. The van der Waals surface area contributed by atoms with E-state index in [2.05, 4.69) is 20.4 Å². The van der Waals surface area contributed by atoms with Crippen molar-refractivity contribution < 1.29 is 5.11 Å². The van der Waals surface area contributed by atoms with Crippen molar-refractivity contribution in [2.75, 3.05) is 24.4 Å². The van der Waals surface area contributed by atoms with Crippen molar-refractivity contribution >= 4 is 45.4 Å². The van der Waals surface area contributed by atoms with Crippen LogP contribution in [0.4, 0.5) is 10.8 Å². The molecule has 2 aromatic carbocycles. The molecule has 0 saturated heterocycles. The fourth-order valence-corrected chi connectivity index (χ4v) is 2.78. The number of aromatic hydroxyl groups is 1. The maximum atomic E-state index is 9.33. The number of phenols is 1. The summed E-state index contributed by atoms with van der Waals surface area (Å²) in [5, 5.41) is 16.2. The summed E-state index contributed by atoms with van der Waals surface area (Å²) in [7, 11) is 4.03. The number of benzene rings is 2. The summed E-state index contributed by atoms with van der Waals surface area (Å²) < 4.78 is 0. The first-order chi connectivity index (χ1) is 11.6. The second-order valence-electron chi connectivity index (χ2n) is 5.44. The van der Waals surface area contributed by atoms with Crippen LogP contribution in [0, 0.1) is 0 Å². The molecule has 5 nitrogen and oxygen atoms in total. The van der Waals surface area contributed by atoms with Gasteiger partial charge in [0.05, 0.1) is 11.9 Å². The number of phenolic OH excluding ortho intramolecular Hbond substituents is 1. The highest BCUT2D eigenvalue weighted by molar-refractivity contribution is 8.93. The number of aromatic nitrogens is 1. The van der Waals surface area contributed by atoms with Crippen molar-refractivity contribution in [2.24, 2.45) is 5.10 Å². The van der Waals surface area contributed by atoms with E-state index in [9.17, 15) is 5.11 Å². The molecule has 0 spiro atoms. The molecule has 1 aromatic heterocycles. The predicted molar refractivity (Wildman–Crippen MR) is 112 cm³/mol. The minimum absolute atomic E-state index is 0. The first kappa shape index (κ1) is 19.0. The van der Waals surface area contributed by atoms with Crippen molar-refractivity contribution in [1.82, 2.24) is 4.98 Å². The molecule has 0 unspecified atom stereocenters. The molecule has 0 fully saturated rings. The molecule has 2 N–H and O–H groups in total. The van der Waals surface area contributed by atoms with Gasteiger partial charge in [0.25, 0.3) is 0 Å². The third-order valence-corrected chi connectivity index (χ3v) is 4.20. The maximum absolute atomic E-state index is 9.33. The lowest BCUT2D eigenvalue weighted by molar-refractivity contribution is 0.475. The third kappa shape index (κ3) is 5.04. The average Bonchev–Trinajstić information content (AvgIpc) is 3.05. The summed E-state index contributed by atoms with van der Waals surface area (Å²) in [6.07, 6.45) is 1.76. The van der Waals surface area contributed by atoms with Crippen molar-refractivity contribution in [3.05, 3.63) is 59.5 Å². The summed E-state index contributed by atoms with van der Waals surface area (Å²) in [4.78, 5) is 6.54. The molecular formula is C18H19BrN4OS. The zero-order valence-electron chi connectivity index (χ0n) is 13.9. The predicted octanol–water partition coefficient (Wildman–Crippen LogP) is 4.61. The van der Waals surface area contributed by atoms with Crippen LogP contribution in [0.3, 0.4) is 0 Å². The molecule has 0 amide bonds. The van der Waals surface area contributed by atoms with Crippen molar-refractivity contribution in [1.29, 1.82) is 0 Å². The quantitative estimate of drug-likeness (QED) is 0.469. The van der Waals surface area contributed by atoms with E-state index in [1.54, 1.807) is 18.3 Å². The number of hydrazone groups is 1. The molecule has 25 heavy (non-hydrogen) atoms. The Bertz CT molecular complexity index is 829. The molecule has 7 heteroatoms. The minimum atomic E-state index is 0. The number of nitrogens with zero attached hydrogens (tertiary/aromatic N) is 3. The monoisotopic (exact) mass is 418 g/mol. The van der Waals surface area contributed by atoms with Gasteiger partial charge in [-0.25, -0.2) is 4.98 Å². The Morgan fingerprint density at radius 1 is 1.08 bits per heavy atom. The van der Waals surface area contributed by atoms with Gasteiger partial charge < -0.3 is 10.0 Å². The Hall–Kier alpha value is -2.38. The second-order valence-corrected chi connectivity index (χ2v) is 6.30. The number of anilines is 2. The molecule has 0 atom stereocenters. The van der Waals surface area contributed by atoms with Crippen LogP contribution in [0.5, 0.6) is 5.75 Å². The Labute approximate surface area is 161 Å². The number of thiazole rings is 1. The van der Waals surface area contributed by atoms with Crippen LogP contribution in [0.1, 0.15) is 5.56 Å². The Kier molecular flexibility index (Phi) is 6.55. The lowest BCUT2D eigenvalue weighted by Crippen LogP contribution is -2.08. The molecule has 3 rings (SSSR count). The van der Waals surface area contributed by atoms with Gasteiger partial charge in [-0.15, -0.1) is 28.3 Å². The van der Waals surface area contributed by atoms with Crippen LogP contribution < -0.4 is 10.3 Å². The largest absolute Gasteiger partial charge is 0.508 e. The van der Waals surface area contributed by atoms with Gasteiger partial charge in [-0.05, 0) is 42.0 Å². The van der Waals surface area contributed by atoms with Crippen LogP contribution in [0.2, 0.25) is 0 Å². The summed E-state index contributed by atoms with van der Waals surface area (Å²) in [6, 6.07) is 15.1. The van der Waals surface area contributed by atoms with E-state index in [1.807, 2.05) is 55.9 Å². The normalized spacial score (nSPS) is 10.5. The van der Waals surface area contributed by atoms with Gasteiger partial charge in [-0.2, -0.15) is 5.10 Å². The van der Waals surface area contributed by atoms with Crippen LogP contribution >= 0.6 is 28.3 Å². The number of hydrogen-bond donors (Lipinski definition) is 2. The molecule has 3 aromatic rings. The molecule has 0 radical (unpaired) electrons. The van der Waals surface area contributed by atoms with Gasteiger partial charge in [-0.3, -0.25) is 5.43 Å². The molecule has 0 bridgehead atoms. The fourth-order valence-electron chi connectivity index (χ4n) is 2.11. The zero-order valence-corrected chi connectivity index (χ0v) is 16.4. The average molecular weight is 419 g/mol. The van der Waals surface area contributed by atoms with Crippen LogP contribution in [-0.2, 0) is 0 Å². The molecule has 130 valence electrons. The Balaban J connectivity index is 0.00000225. The number of hydrogen-bond acceptors (Lipinski definition) is 6. The molecule has 0 aliphatic rings. The second kappa shape index (κ2) is 8.64. The minimum Gasteiger partial charge on any atom is -0.508 e.